The van der Waals surface area contributed by atoms with Crippen LogP contribution in [-0.2, 0) is 0 Å². The van der Waals surface area contributed by atoms with Crippen molar-refractivity contribution in [1.82, 2.24) is 0 Å². The van der Waals surface area contributed by atoms with E-state index < -0.39 is 0 Å². The SMILES string of the molecule is C1=Nc2ccccc2NS1. The number of rotatable bonds is 0. The van der Waals surface area contributed by atoms with Crippen LogP contribution in [0.15, 0.2) is 29.3 Å². The summed E-state index contributed by atoms with van der Waals surface area (Å²) in [5, 5.41) is 0. The van der Waals surface area contributed by atoms with E-state index in [1.165, 1.54) is 11.9 Å². The van der Waals surface area contributed by atoms with E-state index in [4.69, 9.17) is 0 Å². The lowest BCUT2D eigenvalue weighted by Gasteiger charge is -2.08. The summed E-state index contributed by atoms with van der Waals surface area (Å²) in [5.41, 5.74) is 3.90. The van der Waals surface area contributed by atoms with Gasteiger partial charge in [-0.2, -0.15) is 0 Å². The highest BCUT2D eigenvalue weighted by molar-refractivity contribution is 8.13. The quantitative estimate of drug-likeness (QED) is 0.574. The smallest absolute Gasteiger partial charge is 0.0876 e. The molecule has 1 aromatic rings. The fraction of sp³-hybridized carbons (Fsp3) is 0. The molecule has 0 amide bonds. The van der Waals surface area contributed by atoms with Gasteiger partial charge in [-0.1, -0.05) is 12.1 Å². The summed E-state index contributed by atoms with van der Waals surface area (Å²) < 4.78 is 3.13. The van der Waals surface area contributed by atoms with E-state index in [1.807, 2.05) is 24.3 Å². The van der Waals surface area contributed by atoms with Crippen molar-refractivity contribution < 1.29 is 0 Å². The number of nitrogens with one attached hydrogen (secondary N) is 1. The Morgan fingerprint density at radius 3 is 3.10 bits per heavy atom. The van der Waals surface area contributed by atoms with Crippen molar-refractivity contribution in [1.29, 1.82) is 0 Å². The van der Waals surface area contributed by atoms with E-state index in [-0.39, 0.29) is 0 Å². The molecule has 0 fully saturated rings. The summed E-state index contributed by atoms with van der Waals surface area (Å²) in [5.74, 6) is 0. The van der Waals surface area contributed by atoms with Crippen molar-refractivity contribution in [3.8, 4) is 0 Å². The summed E-state index contributed by atoms with van der Waals surface area (Å²) in [6.07, 6.45) is 0. The van der Waals surface area contributed by atoms with E-state index in [0.717, 1.165) is 11.4 Å². The molecule has 0 spiro atoms. The summed E-state index contributed by atoms with van der Waals surface area (Å²) in [6, 6.07) is 7.97. The van der Waals surface area contributed by atoms with E-state index in [0.29, 0.717) is 0 Å². The first kappa shape index (κ1) is 5.80. The highest BCUT2D eigenvalue weighted by atomic mass is 32.2. The minimum absolute atomic E-state index is 1.02. The lowest BCUT2D eigenvalue weighted by atomic mass is 10.3. The number of anilines is 1. The average Bonchev–Trinajstić information content (AvgIpc) is 2.05. The molecule has 0 unspecified atom stereocenters. The first-order chi connectivity index (χ1) is 4.97. The molecule has 0 saturated carbocycles. The fourth-order valence-electron chi connectivity index (χ4n) is 0.845. The third-order valence-electron chi connectivity index (χ3n) is 1.32. The number of benzene rings is 1. The third-order valence-corrected chi connectivity index (χ3v) is 1.87. The molecule has 1 aliphatic rings. The topological polar surface area (TPSA) is 24.4 Å². The Morgan fingerprint density at radius 2 is 2.20 bits per heavy atom. The van der Waals surface area contributed by atoms with Crippen LogP contribution in [0.25, 0.3) is 0 Å². The normalized spacial score (nSPS) is 14.0. The van der Waals surface area contributed by atoms with Crippen molar-refractivity contribution in [2.75, 3.05) is 4.72 Å². The lowest BCUT2D eigenvalue weighted by Crippen LogP contribution is -1.90. The molecule has 1 N–H and O–H groups in total. The Balaban J connectivity index is 2.54. The van der Waals surface area contributed by atoms with Crippen LogP contribution < -0.4 is 4.72 Å². The van der Waals surface area contributed by atoms with Gasteiger partial charge in [-0.3, -0.25) is 0 Å². The molecule has 3 heteroatoms. The first-order valence-electron chi connectivity index (χ1n) is 3.00. The van der Waals surface area contributed by atoms with E-state index >= 15 is 0 Å². The van der Waals surface area contributed by atoms with Crippen LogP contribution in [0, 0.1) is 0 Å². The van der Waals surface area contributed by atoms with Gasteiger partial charge < -0.3 is 4.72 Å². The van der Waals surface area contributed by atoms with Gasteiger partial charge in [0.1, 0.15) is 0 Å². The number of aliphatic imine (C=N–C) groups is 1. The summed E-state index contributed by atoms with van der Waals surface area (Å²) in [7, 11) is 0. The Labute approximate surface area is 63.5 Å². The molecule has 0 radical (unpaired) electrons. The number of para-hydroxylation sites is 2. The summed E-state index contributed by atoms with van der Waals surface area (Å²) in [4.78, 5) is 4.17. The van der Waals surface area contributed by atoms with E-state index in [9.17, 15) is 0 Å². The zero-order chi connectivity index (χ0) is 6.81. The molecular weight excluding hydrogens is 144 g/mol. The highest BCUT2D eigenvalue weighted by Crippen LogP contribution is 2.29. The van der Waals surface area contributed by atoms with Gasteiger partial charge in [0.15, 0.2) is 0 Å². The molecule has 2 nitrogen and oxygen atoms in total. The van der Waals surface area contributed by atoms with Gasteiger partial charge in [-0.05, 0) is 24.1 Å². The minimum atomic E-state index is 1.02. The standard InChI is InChI=1S/C7H6N2S/c1-2-4-7-6(3-1)8-5-10-9-7/h1-5,9H. The molecule has 0 aliphatic carbocycles. The van der Waals surface area contributed by atoms with Crippen LogP contribution >= 0.6 is 11.9 Å². The van der Waals surface area contributed by atoms with E-state index in [1.54, 1.807) is 5.55 Å². The van der Waals surface area contributed by atoms with Crippen LogP contribution in [0.2, 0.25) is 0 Å². The fourth-order valence-corrected chi connectivity index (χ4v) is 1.36. The second-order valence-electron chi connectivity index (χ2n) is 1.97. The van der Waals surface area contributed by atoms with Crippen molar-refractivity contribution >= 4 is 28.9 Å². The Morgan fingerprint density at radius 1 is 1.30 bits per heavy atom. The van der Waals surface area contributed by atoms with Crippen molar-refractivity contribution in [2.24, 2.45) is 4.99 Å². The molecule has 50 valence electrons. The number of fused-ring (bicyclic) bond motifs is 1. The second-order valence-corrected chi connectivity index (χ2v) is 2.62. The van der Waals surface area contributed by atoms with Crippen molar-refractivity contribution in [3.63, 3.8) is 0 Å². The molecule has 1 heterocycles. The van der Waals surface area contributed by atoms with Gasteiger partial charge in [0.2, 0.25) is 0 Å². The lowest BCUT2D eigenvalue weighted by molar-refractivity contribution is 1.53. The van der Waals surface area contributed by atoms with Gasteiger partial charge in [0.25, 0.3) is 0 Å². The summed E-state index contributed by atoms with van der Waals surface area (Å²) >= 11 is 1.50. The second kappa shape index (κ2) is 2.34. The molecule has 1 aromatic carbocycles. The van der Waals surface area contributed by atoms with Gasteiger partial charge in [-0.15, -0.1) is 0 Å². The maximum atomic E-state index is 4.17. The van der Waals surface area contributed by atoms with E-state index in [2.05, 4.69) is 9.71 Å². The zero-order valence-electron chi connectivity index (χ0n) is 5.24. The zero-order valence-corrected chi connectivity index (χ0v) is 6.06. The van der Waals surface area contributed by atoms with Crippen LogP contribution in [0.5, 0.6) is 0 Å². The number of hydrogen-bond acceptors (Lipinski definition) is 3. The largest absolute Gasteiger partial charge is 0.323 e. The van der Waals surface area contributed by atoms with Gasteiger partial charge >= 0.3 is 0 Å². The van der Waals surface area contributed by atoms with Gasteiger partial charge in [-0.25, -0.2) is 4.99 Å². The maximum absolute atomic E-state index is 4.17. The van der Waals surface area contributed by atoms with Crippen molar-refractivity contribution in [2.45, 2.75) is 0 Å². The minimum Gasteiger partial charge on any atom is -0.323 e. The molecule has 0 aromatic heterocycles. The van der Waals surface area contributed by atoms with Crippen molar-refractivity contribution in [3.05, 3.63) is 24.3 Å². The predicted octanol–water partition coefficient (Wildman–Crippen LogP) is 2.42. The number of nitrogens with zero attached hydrogens (tertiary/aromatic N) is 1. The van der Waals surface area contributed by atoms with Gasteiger partial charge in [0.05, 0.1) is 16.9 Å². The predicted molar refractivity (Wildman–Crippen MR) is 45.8 cm³/mol. The van der Waals surface area contributed by atoms with Gasteiger partial charge in [0, 0.05) is 0 Å². The number of hydrogen-bond donors (Lipinski definition) is 1. The van der Waals surface area contributed by atoms with Crippen LogP contribution in [0.4, 0.5) is 11.4 Å². The first-order valence-corrected chi connectivity index (χ1v) is 3.88. The molecule has 2 rings (SSSR count). The Kier molecular flexibility index (Phi) is 1.36. The molecule has 0 atom stereocenters. The van der Waals surface area contributed by atoms with Crippen LogP contribution in [0.3, 0.4) is 0 Å². The molecule has 0 bridgehead atoms. The highest BCUT2D eigenvalue weighted by Gasteiger charge is 2.01. The molecular formula is C7H6N2S. The van der Waals surface area contributed by atoms with Crippen LogP contribution in [-0.4, -0.2) is 5.55 Å². The molecule has 1 aliphatic heterocycles. The monoisotopic (exact) mass is 150 g/mol. The average molecular weight is 150 g/mol. The molecule has 0 saturated heterocycles. The maximum Gasteiger partial charge on any atom is 0.0876 e. The molecule has 10 heavy (non-hydrogen) atoms. The third kappa shape index (κ3) is 0.885. The van der Waals surface area contributed by atoms with Crippen LogP contribution in [0.1, 0.15) is 0 Å². The Hall–Kier alpha value is -0.960. The summed E-state index contributed by atoms with van der Waals surface area (Å²) in [6.45, 7) is 0. The Bertz CT molecular complexity index is 270.